The average Bonchev–Trinajstić information content (AvgIpc) is 2.58. The molecule has 0 amide bonds. The second-order valence-corrected chi connectivity index (χ2v) is 7.10. The van der Waals surface area contributed by atoms with E-state index < -0.39 is 5.60 Å². The van der Waals surface area contributed by atoms with Crippen LogP contribution < -0.4 is 0 Å². The minimum atomic E-state index is -0.434. The predicted octanol–water partition coefficient (Wildman–Crippen LogP) is 4.23. The highest BCUT2D eigenvalue weighted by Gasteiger charge is 2.21. The topological polar surface area (TPSA) is 26.3 Å². The van der Waals surface area contributed by atoms with Crippen molar-refractivity contribution in [1.29, 1.82) is 0 Å². The lowest BCUT2D eigenvalue weighted by molar-refractivity contribution is 0.00724. The van der Waals surface area contributed by atoms with E-state index in [1.807, 2.05) is 26.2 Å². The van der Waals surface area contributed by atoms with Crippen LogP contribution in [0.4, 0.5) is 0 Å². The van der Waals surface area contributed by atoms with Crippen LogP contribution in [-0.2, 0) is 4.74 Å². The van der Waals surface area contributed by atoms with Crippen LogP contribution >= 0.6 is 22.7 Å². The fourth-order valence-corrected chi connectivity index (χ4v) is 3.66. The second-order valence-electron chi connectivity index (χ2n) is 4.71. The molecule has 0 aliphatic carbocycles. The molecule has 0 saturated carbocycles. The molecule has 0 aromatic carbocycles. The van der Waals surface area contributed by atoms with E-state index in [0.717, 1.165) is 5.39 Å². The molecule has 0 N–H and O–H groups in total. The number of aryl methyl sites for hydroxylation is 1. The van der Waals surface area contributed by atoms with E-state index in [0.29, 0.717) is 5.56 Å². The Morgan fingerprint density at radius 1 is 1.38 bits per heavy atom. The molecular weight excluding hydrogens is 240 g/mol. The Bertz CT molecular complexity index is 529. The first kappa shape index (κ1) is 11.6. The van der Waals surface area contributed by atoms with Crippen molar-refractivity contribution in [2.45, 2.75) is 33.3 Å². The molecule has 0 unspecified atom stereocenters. The van der Waals surface area contributed by atoms with Crippen LogP contribution in [-0.4, -0.2) is 11.6 Å². The number of ether oxygens (including phenoxy) is 1. The first-order chi connectivity index (χ1) is 7.37. The third-order valence-electron chi connectivity index (χ3n) is 2.01. The monoisotopic (exact) mass is 254 g/mol. The molecule has 0 spiro atoms. The summed E-state index contributed by atoms with van der Waals surface area (Å²) in [5.74, 6) is -0.225. The highest BCUT2D eigenvalue weighted by Crippen LogP contribution is 2.34. The van der Waals surface area contributed by atoms with Crippen molar-refractivity contribution in [3.8, 4) is 0 Å². The lowest BCUT2D eigenvalue weighted by Crippen LogP contribution is -2.23. The number of hydrogen-bond donors (Lipinski definition) is 0. The van der Waals surface area contributed by atoms with Crippen molar-refractivity contribution in [3.63, 3.8) is 0 Å². The molecule has 0 aliphatic heterocycles. The lowest BCUT2D eigenvalue weighted by atomic mass is 10.2. The third kappa shape index (κ3) is 2.28. The summed E-state index contributed by atoms with van der Waals surface area (Å²) in [6, 6.07) is 2.05. The molecule has 0 bridgehead atoms. The van der Waals surface area contributed by atoms with Crippen molar-refractivity contribution in [1.82, 2.24) is 0 Å². The maximum Gasteiger partial charge on any atom is 0.340 e. The van der Waals surface area contributed by atoms with Gasteiger partial charge in [0.1, 0.15) is 5.60 Å². The van der Waals surface area contributed by atoms with Gasteiger partial charge in [0.05, 0.1) is 9.58 Å². The Balaban J connectivity index is 2.36. The van der Waals surface area contributed by atoms with E-state index >= 15 is 0 Å². The van der Waals surface area contributed by atoms with E-state index in [9.17, 15) is 4.79 Å². The Kier molecular flexibility index (Phi) is 2.80. The number of thiophene rings is 2. The summed E-state index contributed by atoms with van der Waals surface area (Å²) in [4.78, 5) is 13.2. The van der Waals surface area contributed by atoms with Gasteiger partial charge in [-0.15, -0.1) is 22.7 Å². The largest absolute Gasteiger partial charge is 0.456 e. The highest BCUT2D eigenvalue weighted by atomic mass is 32.2. The van der Waals surface area contributed by atoms with Gasteiger partial charge in [-0.3, -0.25) is 0 Å². The van der Waals surface area contributed by atoms with Gasteiger partial charge in [0.25, 0.3) is 0 Å². The van der Waals surface area contributed by atoms with Gasteiger partial charge in [-0.1, -0.05) is 0 Å². The minimum Gasteiger partial charge on any atom is -0.456 e. The molecule has 4 heteroatoms. The fraction of sp³-hybridized carbons (Fsp3) is 0.417. The molecule has 16 heavy (non-hydrogen) atoms. The molecule has 86 valence electrons. The molecule has 2 heterocycles. The van der Waals surface area contributed by atoms with E-state index in [2.05, 4.69) is 13.0 Å². The van der Waals surface area contributed by atoms with E-state index in [1.165, 1.54) is 8.89 Å². The summed E-state index contributed by atoms with van der Waals surface area (Å²) in [7, 11) is 0. The number of carbonyl (C=O) groups is 1. The van der Waals surface area contributed by atoms with Crippen molar-refractivity contribution in [2.24, 2.45) is 0 Å². The SMILES string of the molecule is Cc1cc2c(C(=O)OC(C)(C)C)csc2s1. The van der Waals surface area contributed by atoms with Crippen LogP contribution in [0.3, 0.4) is 0 Å². The summed E-state index contributed by atoms with van der Waals surface area (Å²) in [6.45, 7) is 7.70. The quantitative estimate of drug-likeness (QED) is 0.712. The van der Waals surface area contributed by atoms with Gasteiger partial charge in [-0.05, 0) is 33.8 Å². The molecule has 0 fully saturated rings. The minimum absolute atomic E-state index is 0.225. The van der Waals surface area contributed by atoms with Crippen molar-refractivity contribution >= 4 is 38.0 Å². The number of rotatable bonds is 1. The maximum absolute atomic E-state index is 11.9. The normalized spacial score (nSPS) is 12.0. The van der Waals surface area contributed by atoms with Gasteiger partial charge in [0.15, 0.2) is 0 Å². The smallest absolute Gasteiger partial charge is 0.340 e. The van der Waals surface area contributed by atoms with Gasteiger partial charge < -0.3 is 4.74 Å². The molecule has 2 rings (SSSR count). The number of carbonyl (C=O) groups excluding carboxylic acids is 1. The molecule has 2 aromatic rings. The maximum atomic E-state index is 11.9. The van der Waals surface area contributed by atoms with Gasteiger partial charge in [0, 0.05) is 15.6 Å². The summed E-state index contributed by atoms with van der Waals surface area (Å²) < 4.78 is 6.56. The van der Waals surface area contributed by atoms with E-state index in [4.69, 9.17) is 4.74 Å². The summed E-state index contributed by atoms with van der Waals surface area (Å²) in [5, 5.41) is 2.91. The van der Waals surface area contributed by atoms with Gasteiger partial charge in [0.2, 0.25) is 0 Å². The molecular formula is C12H14O2S2. The van der Waals surface area contributed by atoms with Crippen molar-refractivity contribution in [2.75, 3.05) is 0 Å². The molecule has 0 radical (unpaired) electrons. The fourth-order valence-electron chi connectivity index (χ4n) is 1.44. The zero-order chi connectivity index (χ0) is 11.9. The molecule has 2 aromatic heterocycles. The standard InChI is InChI=1S/C12H14O2S2/c1-7-5-8-9(6-15-11(8)16-7)10(13)14-12(2,3)4/h5-6H,1-4H3. The predicted molar refractivity (Wildman–Crippen MR) is 69.6 cm³/mol. The summed E-state index contributed by atoms with van der Waals surface area (Å²) in [5.41, 5.74) is 0.260. The van der Waals surface area contributed by atoms with Crippen LogP contribution in [0.25, 0.3) is 9.40 Å². The van der Waals surface area contributed by atoms with Crippen LogP contribution in [0.1, 0.15) is 36.0 Å². The first-order valence-corrected chi connectivity index (χ1v) is 6.77. The van der Waals surface area contributed by atoms with Crippen LogP contribution in [0.2, 0.25) is 0 Å². The summed E-state index contributed by atoms with van der Waals surface area (Å²) in [6.07, 6.45) is 0. The zero-order valence-electron chi connectivity index (χ0n) is 9.79. The number of fused-ring (bicyclic) bond motifs is 1. The molecule has 0 aliphatic rings. The Morgan fingerprint density at radius 2 is 2.06 bits per heavy atom. The van der Waals surface area contributed by atoms with Crippen LogP contribution in [0.15, 0.2) is 11.4 Å². The van der Waals surface area contributed by atoms with Crippen LogP contribution in [0, 0.1) is 6.92 Å². The van der Waals surface area contributed by atoms with Gasteiger partial charge >= 0.3 is 5.97 Å². The Hall–Kier alpha value is -0.870. The third-order valence-corrected chi connectivity index (χ3v) is 4.19. The molecule has 0 saturated heterocycles. The van der Waals surface area contributed by atoms with Gasteiger partial charge in [-0.2, -0.15) is 0 Å². The highest BCUT2D eigenvalue weighted by molar-refractivity contribution is 7.37. The van der Waals surface area contributed by atoms with Crippen LogP contribution in [0.5, 0.6) is 0 Å². The average molecular weight is 254 g/mol. The Morgan fingerprint density at radius 3 is 2.69 bits per heavy atom. The van der Waals surface area contributed by atoms with Crippen molar-refractivity contribution in [3.05, 3.63) is 21.9 Å². The van der Waals surface area contributed by atoms with Crippen molar-refractivity contribution < 1.29 is 9.53 Å². The van der Waals surface area contributed by atoms with E-state index in [-0.39, 0.29) is 5.97 Å². The number of hydrogen-bond acceptors (Lipinski definition) is 4. The zero-order valence-corrected chi connectivity index (χ0v) is 11.4. The Labute approximate surface area is 103 Å². The lowest BCUT2D eigenvalue weighted by Gasteiger charge is -2.19. The molecule has 2 nitrogen and oxygen atoms in total. The first-order valence-electron chi connectivity index (χ1n) is 5.08. The number of esters is 1. The second kappa shape index (κ2) is 3.86. The molecule has 0 atom stereocenters. The van der Waals surface area contributed by atoms with Gasteiger partial charge in [-0.25, -0.2) is 4.79 Å². The summed E-state index contributed by atoms with van der Waals surface area (Å²) >= 11 is 3.33. The van der Waals surface area contributed by atoms with E-state index in [1.54, 1.807) is 22.7 Å².